The smallest absolute Gasteiger partial charge is 0.135 e. The average molecular weight is 305 g/mol. The second-order valence-electron chi connectivity index (χ2n) is 5.04. The first-order chi connectivity index (χ1) is 11.2. The zero-order valence-corrected chi connectivity index (χ0v) is 12.8. The lowest BCUT2D eigenvalue weighted by atomic mass is 9.98. The van der Waals surface area contributed by atoms with Gasteiger partial charge in [0.25, 0.3) is 0 Å². The fourth-order valence-corrected chi connectivity index (χ4v) is 2.68. The van der Waals surface area contributed by atoms with E-state index in [1.165, 1.54) is 0 Å². The fraction of sp³-hybridized carbons (Fsp3) is 0.105. The molecule has 4 heteroatoms. The molecule has 3 rings (SSSR count). The number of nitrogens with zero attached hydrogens (tertiary/aromatic N) is 1. The van der Waals surface area contributed by atoms with Crippen molar-refractivity contribution in [2.75, 3.05) is 14.2 Å². The third-order valence-corrected chi connectivity index (χ3v) is 3.84. The Bertz CT molecular complexity index is 909. The highest BCUT2D eigenvalue weighted by Gasteiger charge is 2.15. The van der Waals surface area contributed by atoms with Gasteiger partial charge in [0, 0.05) is 10.9 Å². The van der Waals surface area contributed by atoms with Crippen molar-refractivity contribution >= 4 is 10.8 Å². The van der Waals surface area contributed by atoms with Crippen LogP contribution in [-0.4, -0.2) is 19.3 Å². The van der Waals surface area contributed by atoms with Gasteiger partial charge in [-0.2, -0.15) is 5.26 Å². The molecule has 0 amide bonds. The number of ether oxygens (including phenoxy) is 2. The molecule has 0 aliphatic rings. The minimum atomic E-state index is 0.128. The summed E-state index contributed by atoms with van der Waals surface area (Å²) in [7, 11) is 3.15. The van der Waals surface area contributed by atoms with Crippen molar-refractivity contribution < 1.29 is 14.6 Å². The molecule has 0 atom stereocenters. The van der Waals surface area contributed by atoms with E-state index in [-0.39, 0.29) is 5.75 Å². The van der Waals surface area contributed by atoms with Crippen LogP contribution in [-0.2, 0) is 0 Å². The summed E-state index contributed by atoms with van der Waals surface area (Å²) >= 11 is 0. The van der Waals surface area contributed by atoms with Gasteiger partial charge >= 0.3 is 0 Å². The van der Waals surface area contributed by atoms with Crippen LogP contribution in [0, 0.1) is 11.3 Å². The van der Waals surface area contributed by atoms with Crippen molar-refractivity contribution in [3.05, 3.63) is 54.1 Å². The van der Waals surface area contributed by atoms with E-state index in [4.69, 9.17) is 14.7 Å². The zero-order chi connectivity index (χ0) is 16.4. The second kappa shape index (κ2) is 5.90. The van der Waals surface area contributed by atoms with Crippen LogP contribution in [0.3, 0.4) is 0 Å². The number of phenolic OH excluding ortho intramolecular Hbond substituents is 1. The molecule has 0 heterocycles. The van der Waals surface area contributed by atoms with E-state index in [0.717, 1.165) is 10.9 Å². The van der Waals surface area contributed by atoms with E-state index in [2.05, 4.69) is 6.07 Å². The first-order valence-electron chi connectivity index (χ1n) is 7.06. The van der Waals surface area contributed by atoms with Gasteiger partial charge in [-0.1, -0.05) is 12.1 Å². The van der Waals surface area contributed by atoms with E-state index < -0.39 is 0 Å². The molecule has 0 aliphatic carbocycles. The van der Waals surface area contributed by atoms with Crippen molar-refractivity contribution in [1.82, 2.24) is 0 Å². The molecule has 0 saturated heterocycles. The molecule has 0 radical (unpaired) electrons. The molecular weight excluding hydrogens is 290 g/mol. The fourth-order valence-electron chi connectivity index (χ4n) is 2.68. The van der Waals surface area contributed by atoms with Gasteiger partial charge in [-0.05, 0) is 42.0 Å². The van der Waals surface area contributed by atoms with Crippen LogP contribution in [0.1, 0.15) is 5.56 Å². The first kappa shape index (κ1) is 14.7. The number of hydrogen-bond acceptors (Lipinski definition) is 4. The SMILES string of the molecule is COc1ccc(OC)c2c(O)c(-c3ccc(C#N)cc3)ccc12. The van der Waals surface area contributed by atoms with E-state index in [9.17, 15) is 5.11 Å². The van der Waals surface area contributed by atoms with Gasteiger partial charge < -0.3 is 14.6 Å². The number of methoxy groups -OCH3 is 2. The Hall–Kier alpha value is -3.19. The molecule has 0 aliphatic heterocycles. The summed E-state index contributed by atoms with van der Waals surface area (Å²) in [6, 6.07) is 16.5. The summed E-state index contributed by atoms with van der Waals surface area (Å²) in [6.45, 7) is 0. The number of phenols is 1. The van der Waals surface area contributed by atoms with E-state index in [0.29, 0.717) is 28.0 Å². The Morgan fingerprint density at radius 2 is 1.52 bits per heavy atom. The van der Waals surface area contributed by atoms with Crippen LogP contribution >= 0.6 is 0 Å². The van der Waals surface area contributed by atoms with Gasteiger partial charge in [-0.3, -0.25) is 0 Å². The van der Waals surface area contributed by atoms with E-state index in [1.807, 2.05) is 30.3 Å². The van der Waals surface area contributed by atoms with Gasteiger partial charge in [0.2, 0.25) is 0 Å². The quantitative estimate of drug-likeness (QED) is 0.791. The number of hydrogen-bond donors (Lipinski definition) is 1. The Balaban J connectivity index is 2.27. The molecule has 0 fully saturated rings. The first-order valence-corrected chi connectivity index (χ1v) is 7.06. The molecule has 3 aromatic rings. The molecule has 3 aromatic carbocycles. The minimum Gasteiger partial charge on any atom is -0.507 e. The van der Waals surface area contributed by atoms with Crippen molar-refractivity contribution in [2.45, 2.75) is 0 Å². The molecule has 0 bridgehead atoms. The maximum absolute atomic E-state index is 10.8. The third kappa shape index (κ3) is 2.43. The Morgan fingerprint density at radius 1 is 0.870 bits per heavy atom. The molecule has 0 spiro atoms. The van der Waals surface area contributed by atoms with Crippen LogP contribution in [0.4, 0.5) is 0 Å². The van der Waals surface area contributed by atoms with Crippen LogP contribution in [0.25, 0.3) is 21.9 Å². The maximum Gasteiger partial charge on any atom is 0.135 e. The molecule has 0 aromatic heterocycles. The Morgan fingerprint density at radius 3 is 2.13 bits per heavy atom. The highest BCUT2D eigenvalue weighted by Crippen LogP contribution is 2.43. The zero-order valence-electron chi connectivity index (χ0n) is 12.8. The molecule has 0 saturated carbocycles. The van der Waals surface area contributed by atoms with Crippen molar-refractivity contribution in [3.63, 3.8) is 0 Å². The number of rotatable bonds is 3. The van der Waals surface area contributed by atoms with Gasteiger partial charge in [0.1, 0.15) is 17.2 Å². The summed E-state index contributed by atoms with van der Waals surface area (Å²) in [6.07, 6.45) is 0. The highest BCUT2D eigenvalue weighted by atomic mass is 16.5. The van der Waals surface area contributed by atoms with Crippen LogP contribution in [0.15, 0.2) is 48.5 Å². The van der Waals surface area contributed by atoms with Gasteiger partial charge in [-0.25, -0.2) is 0 Å². The molecule has 1 N–H and O–H groups in total. The Kier molecular flexibility index (Phi) is 3.78. The number of fused-ring (bicyclic) bond motifs is 1. The lowest BCUT2D eigenvalue weighted by Gasteiger charge is -2.14. The normalized spacial score (nSPS) is 10.3. The Labute approximate surface area is 134 Å². The summed E-state index contributed by atoms with van der Waals surface area (Å²) in [5.74, 6) is 1.37. The van der Waals surface area contributed by atoms with Crippen molar-refractivity contribution in [2.24, 2.45) is 0 Å². The summed E-state index contributed by atoms with van der Waals surface area (Å²) in [5.41, 5.74) is 2.08. The lowest BCUT2D eigenvalue weighted by Crippen LogP contribution is -1.91. The molecule has 4 nitrogen and oxygen atoms in total. The topological polar surface area (TPSA) is 62.5 Å². The summed E-state index contributed by atoms with van der Waals surface area (Å²) in [5, 5.41) is 21.0. The average Bonchev–Trinajstić information content (AvgIpc) is 2.61. The number of benzene rings is 3. The van der Waals surface area contributed by atoms with Gasteiger partial charge in [0.15, 0.2) is 0 Å². The summed E-state index contributed by atoms with van der Waals surface area (Å²) in [4.78, 5) is 0. The molecule has 114 valence electrons. The highest BCUT2D eigenvalue weighted by molar-refractivity contribution is 6.02. The second-order valence-corrected chi connectivity index (χ2v) is 5.04. The minimum absolute atomic E-state index is 0.128. The molecule has 23 heavy (non-hydrogen) atoms. The molecule has 0 unspecified atom stereocenters. The largest absolute Gasteiger partial charge is 0.507 e. The van der Waals surface area contributed by atoms with Gasteiger partial charge in [-0.15, -0.1) is 0 Å². The van der Waals surface area contributed by atoms with E-state index >= 15 is 0 Å². The standard InChI is InChI=1S/C19H15NO3/c1-22-16-9-10-17(23-2)18-15(16)8-7-14(19(18)21)13-5-3-12(11-20)4-6-13/h3-10,21H,1-2H3. The maximum atomic E-state index is 10.8. The lowest BCUT2D eigenvalue weighted by molar-refractivity contribution is 0.408. The third-order valence-electron chi connectivity index (χ3n) is 3.84. The van der Waals surface area contributed by atoms with Crippen LogP contribution < -0.4 is 9.47 Å². The van der Waals surface area contributed by atoms with Crippen molar-refractivity contribution in [3.8, 4) is 34.4 Å². The van der Waals surface area contributed by atoms with Gasteiger partial charge in [0.05, 0.1) is 31.2 Å². The van der Waals surface area contributed by atoms with Crippen molar-refractivity contribution in [1.29, 1.82) is 5.26 Å². The predicted molar refractivity (Wildman–Crippen MR) is 88.9 cm³/mol. The van der Waals surface area contributed by atoms with E-state index in [1.54, 1.807) is 32.4 Å². The van der Waals surface area contributed by atoms with Crippen LogP contribution in [0.5, 0.6) is 17.2 Å². The van der Waals surface area contributed by atoms with Crippen LogP contribution in [0.2, 0.25) is 0 Å². The predicted octanol–water partition coefficient (Wildman–Crippen LogP) is 4.10. The molecular formula is C19H15NO3. The monoisotopic (exact) mass is 305 g/mol. The number of aromatic hydroxyl groups is 1. The number of nitriles is 1. The summed E-state index contributed by atoms with van der Waals surface area (Å²) < 4.78 is 10.7.